The molecule has 2 aliphatic rings. The number of thioether (sulfide) groups is 1. The first-order valence-corrected chi connectivity index (χ1v) is 10.5. The van der Waals surface area contributed by atoms with E-state index in [1.165, 1.54) is 12.0 Å². The first-order chi connectivity index (χ1) is 11.7. The zero-order valence-electron chi connectivity index (χ0n) is 14.7. The van der Waals surface area contributed by atoms with Crippen LogP contribution in [0.5, 0.6) is 0 Å². The van der Waals surface area contributed by atoms with Crippen LogP contribution in [0.3, 0.4) is 0 Å². The molecule has 2 N–H and O–H groups in total. The molecule has 25 heavy (non-hydrogen) atoms. The summed E-state index contributed by atoms with van der Waals surface area (Å²) in [7, 11) is 0. The quantitative estimate of drug-likeness (QED) is 0.632. The minimum Gasteiger partial charge on any atom is -0.356 e. The van der Waals surface area contributed by atoms with E-state index in [1.807, 2.05) is 30.0 Å². The van der Waals surface area contributed by atoms with Crippen LogP contribution in [0.4, 0.5) is 0 Å². The number of nitrogens with one attached hydrogen (secondary N) is 2. The zero-order valence-corrected chi connectivity index (χ0v) is 17.1. The Morgan fingerprint density at radius 3 is 2.84 bits per heavy atom. The third kappa shape index (κ3) is 4.65. The number of fused-ring (bicyclic) bond motifs is 2. The van der Waals surface area contributed by atoms with E-state index in [0.29, 0.717) is 12.1 Å². The van der Waals surface area contributed by atoms with E-state index < -0.39 is 0 Å². The summed E-state index contributed by atoms with van der Waals surface area (Å²) in [6, 6.07) is 8.94. The molecule has 6 heteroatoms. The van der Waals surface area contributed by atoms with E-state index in [0.717, 1.165) is 48.8 Å². The van der Waals surface area contributed by atoms with E-state index in [2.05, 4.69) is 23.6 Å². The Bertz CT molecular complexity index is 586. The maximum Gasteiger partial charge on any atom is 0.227 e. The van der Waals surface area contributed by atoms with Crippen molar-refractivity contribution in [2.75, 3.05) is 12.3 Å². The van der Waals surface area contributed by atoms with Gasteiger partial charge in [0, 0.05) is 29.4 Å². The summed E-state index contributed by atoms with van der Waals surface area (Å²) in [5.41, 5.74) is 1.03. The van der Waals surface area contributed by atoms with E-state index in [1.54, 1.807) is 0 Å². The van der Waals surface area contributed by atoms with Crippen LogP contribution in [0, 0.1) is 5.41 Å². The Labute approximate surface area is 166 Å². The largest absolute Gasteiger partial charge is 0.356 e. The Morgan fingerprint density at radius 2 is 2.20 bits per heavy atom. The average Bonchev–Trinajstić information content (AvgIpc) is 3.20. The van der Waals surface area contributed by atoms with Gasteiger partial charge in [-0.3, -0.25) is 4.79 Å². The lowest BCUT2D eigenvalue weighted by Crippen LogP contribution is -2.48. The molecule has 3 nitrogen and oxygen atoms in total. The number of benzene rings is 1. The molecule has 3 atom stereocenters. The van der Waals surface area contributed by atoms with Gasteiger partial charge in [-0.05, 0) is 49.5 Å². The summed E-state index contributed by atoms with van der Waals surface area (Å²) in [5.74, 6) is 2.23. The molecule has 1 aromatic carbocycles. The van der Waals surface area contributed by atoms with Crippen LogP contribution in [0.2, 0.25) is 5.02 Å². The molecule has 2 aliphatic heterocycles. The van der Waals surface area contributed by atoms with Crippen molar-refractivity contribution in [3.8, 4) is 0 Å². The SMILES string of the molecule is CC[C@@]1(C(=O)NCCCSCc2ccccc2Cl)C[C@@H]2CC[C@H]1N2.Cl. The minimum absolute atomic E-state index is 0. The molecule has 2 heterocycles. The van der Waals surface area contributed by atoms with Crippen molar-refractivity contribution < 1.29 is 4.79 Å². The van der Waals surface area contributed by atoms with Gasteiger partial charge in [-0.2, -0.15) is 11.8 Å². The molecular weight excluding hydrogens is 375 g/mol. The second-order valence-corrected chi connectivity index (χ2v) is 8.47. The van der Waals surface area contributed by atoms with Gasteiger partial charge in [-0.1, -0.05) is 36.7 Å². The van der Waals surface area contributed by atoms with Crippen LogP contribution in [0.25, 0.3) is 0 Å². The van der Waals surface area contributed by atoms with E-state index in [9.17, 15) is 4.79 Å². The minimum atomic E-state index is -0.159. The van der Waals surface area contributed by atoms with Gasteiger partial charge in [0.25, 0.3) is 0 Å². The van der Waals surface area contributed by atoms with Gasteiger partial charge in [-0.25, -0.2) is 0 Å². The fourth-order valence-electron chi connectivity index (χ4n) is 4.15. The second-order valence-electron chi connectivity index (χ2n) is 6.96. The molecule has 1 aromatic rings. The summed E-state index contributed by atoms with van der Waals surface area (Å²) in [6.07, 6.45) is 5.34. The first kappa shape index (κ1) is 20.9. The van der Waals surface area contributed by atoms with Crippen molar-refractivity contribution >= 4 is 41.7 Å². The highest BCUT2D eigenvalue weighted by molar-refractivity contribution is 7.98. The van der Waals surface area contributed by atoms with Gasteiger partial charge in [0.05, 0.1) is 5.41 Å². The zero-order chi connectivity index (χ0) is 17.0. The third-order valence-electron chi connectivity index (χ3n) is 5.57. The smallest absolute Gasteiger partial charge is 0.227 e. The molecule has 140 valence electrons. The maximum absolute atomic E-state index is 12.7. The number of rotatable bonds is 8. The van der Waals surface area contributed by atoms with Gasteiger partial charge in [0.15, 0.2) is 0 Å². The molecule has 0 unspecified atom stereocenters. The van der Waals surface area contributed by atoms with Crippen LogP contribution in [0.15, 0.2) is 24.3 Å². The van der Waals surface area contributed by atoms with Crippen molar-refractivity contribution in [3.05, 3.63) is 34.9 Å². The van der Waals surface area contributed by atoms with Crippen LogP contribution >= 0.6 is 35.8 Å². The third-order valence-corrected chi connectivity index (χ3v) is 7.03. The van der Waals surface area contributed by atoms with Crippen molar-refractivity contribution in [1.29, 1.82) is 0 Å². The van der Waals surface area contributed by atoms with Crippen molar-refractivity contribution in [2.45, 2.75) is 56.9 Å². The molecule has 3 rings (SSSR count). The number of amides is 1. The second kappa shape index (κ2) is 9.50. The summed E-state index contributed by atoms with van der Waals surface area (Å²) in [6.45, 7) is 2.93. The number of hydrogen-bond acceptors (Lipinski definition) is 3. The van der Waals surface area contributed by atoms with E-state index in [-0.39, 0.29) is 23.7 Å². The molecule has 0 radical (unpaired) electrons. The highest BCUT2D eigenvalue weighted by atomic mass is 35.5. The predicted octanol–water partition coefficient (Wildman–Crippen LogP) is 4.42. The predicted molar refractivity (Wildman–Crippen MR) is 110 cm³/mol. The van der Waals surface area contributed by atoms with Crippen molar-refractivity contribution in [3.63, 3.8) is 0 Å². The van der Waals surface area contributed by atoms with Gasteiger partial charge in [0.1, 0.15) is 0 Å². The molecule has 0 aromatic heterocycles. The summed E-state index contributed by atoms with van der Waals surface area (Å²) in [4.78, 5) is 12.7. The normalized spacial score (nSPS) is 27.1. The molecule has 0 spiro atoms. The van der Waals surface area contributed by atoms with Crippen molar-refractivity contribution in [2.24, 2.45) is 5.41 Å². The van der Waals surface area contributed by atoms with Gasteiger partial charge >= 0.3 is 0 Å². The number of carbonyl (C=O) groups excluding carboxylic acids is 1. The fraction of sp³-hybridized carbons (Fsp3) is 0.632. The summed E-state index contributed by atoms with van der Waals surface area (Å²) in [5, 5.41) is 7.64. The van der Waals surface area contributed by atoms with E-state index >= 15 is 0 Å². The standard InChI is InChI=1S/C19H27ClN2OS.ClH/c1-2-19(12-15-8-9-17(19)22-15)18(23)21-10-5-11-24-13-14-6-3-4-7-16(14)20;/h3-4,6-7,15,17,22H,2,5,8-13H2,1H3,(H,21,23);1H/t15-,17+,19+;/m0./s1. The lowest BCUT2D eigenvalue weighted by atomic mass is 9.71. The topological polar surface area (TPSA) is 41.1 Å². The summed E-state index contributed by atoms with van der Waals surface area (Å²) >= 11 is 8.04. The lowest BCUT2D eigenvalue weighted by molar-refractivity contribution is -0.132. The van der Waals surface area contributed by atoms with Crippen LogP contribution < -0.4 is 10.6 Å². The Kier molecular flexibility index (Phi) is 7.93. The van der Waals surface area contributed by atoms with Gasteiger partial charge < -0.3 is 10.6 Å². The van der Waals surface area contributed by atoms with Crippen LogP contribution in [-0.2, 0) is 10.5 Å². The van der Waals surface area contributed by atoms with E-state index in [4.69, 9.17) is 11.6 Å². The molecule has 2 bridgehead atoms. The number of halogens is 2. The lowest BCUT2D eigenvalue weighted by Gasteiger charge is -2.34. The Morgan fingerprint density at radius 1 is 1.40 bits per heavy atom. The first-order valence-electron chi connectivity index (χ1n) is 9.01. The molecule has 0 saturated carbocycles. The maximum atomic E-state index is 12.7. The van der Waals surface area contributed by atoms with Gasteiger partial charge in [-0.15, -0.1) is 12.4 Å². The number of carbonyl (C=O) groups is 1. The average molecular weight is 403 g/mol. The molecule has 1 amide bonds. The molecule has 2 fully saturated rings. The summed E-state index contributed by atoms with van der Waals surface area (Å²) < 4.78 is 0. The number of hydrogen-bond donors (Lipinski definition) is 2. The van der Waals surface area contributed by atoms with Crippen molar-refractivity contribution in [1.82, 2.24) is 10.6 Å². The highest BCUT2D eigenvalue weighted by Crippen LogP contribution is 2.45. The highest BCUT2D eigenvalue weighted by Gasteiger charge is 2.54. The fourth-order valence-corrected chi connectivity index (χ4v) is 5.40. The molecule has 2 saturated heterocycles. The monoisotopic (exact) mass is 402 g/mol. The molecule has 0 aliphatic carbocycles. The Balaban J connectivity index is 0.00000225. The van der Waals surface area contributed by atoms with Gasteiger partial charge in [0.2, 0.25) is 5.91 Å². The molecular formula is C19H28Cl2N2OS. The van der Waals surface area contributed by atoms with Crippen LogP contribution in [0.1, 0.15) is 44.6 Å². The Hall–Kier alpha value is -0.420. The van der Waals surface area contributed by atoms with Crippen LogP contribution in [-0.4, -0.2) is 30.3 Å².